The molecule has 10 atom stereocenters. The number of nitrogens with one attached hydrogen (secondary N) is 8. The maximum absolute atomic E-state index is 13.7. The van der Waals surface area contributed by atoms with Gasteiger partial charge in [0.15, 0.2) is 5.96 Å². The van der Waals surface area contributed by atoms with E-state index in [9.17, 15) is 53.4 Å². The van der Waals surface area contributed by atoms with Crippen molar-refractivity contribution >= 4 is 97.1 Å². The van der Waals surface area contributed by atoms with E-state index in [2.05, 4.69) is 85.4 Å². The molecule has 382 valence electrons. The van der Waals surface area contributed by atoms with Crippen LogP contribution in [0.3, 0.4) is 0 Å². The molecule has 1 rings (SSSR count). The zero-order chi connectivity index (χ0) is 51.7. The molecule has 0 saturated heterocycles. The van der Waals surface area contributed by atoms with Gasteiger partial charge >= 0.3 is 5.97 Å². The van der Waals surface area contributed by atoms with Crippen LogP contribution in [0, 0.1) is 11.8 Å². The Bertz CT molecular complexity index is 1880. The summed E-state index contributed by atoms with van der Waals surface area (Å²) in [5.41, 5.74) is 17.2. The molecule has 16 N–H and O–H groups in total. The monoisotopic (exact) mass is 1010 g/mol. The summed E-state index contributed by atoms with van der Waals surface area (Å²) in [6, 6.07) is -1.78. The van der Waals surface area contributed by atoms with Crippen molar-refractivity contribution in [1.29, 1.82) is 0 Å². The van der Waals surface area contributed by atoms with Crippen LogP contribution in [-0.2, 0) is 49.6 Å². The van der Waals surface area contributed by atoms with Crippen molar-refractivity contribution in [1.82, 2.24) is 42.5 Å². The number of hydrogen-bond donors (Lipinski definition) is 16. The molecule has 0 saturated carbocycles. The van der Waals surface area contributed by atoms with E-state index in [0.29, 0.717) is 18.4 Å². The summed E-state index contributed by atoms with van der Waals surface area (Å²) in [5, 5.41) is 39.8. The quantitative estimate of drug-likeness (QED) is 0.0148. The lowest BCUT2D eigenvalue weighted by Crippen LogP contribution is -2.62. The Balaban J connectivity index is 3.09. The molecule has 8 amide bonds. The van der Waals surface area contributed by atoms with Crippen LogP contribution in [0.15, 0.2) is 35.3 Å². The molecular weight excluding hydrogens is 945 g/mol. The molecule has 0 bridgehead atoms. The summed E-state index contributed by atoms with van der Waals surface area (Å²) in [5.74, 6) is -9.36. The van der Waals surface area contributed by atoms with Gasteiger partial charge in [0.2, 0.25) is 47.3 Å². The molecule has 0 aliphatic rings. The smallest absolute Gasteiger partial charge is 0.327 e. The second kappa shape index (κ2) is 31.7. The highest BCUT2D eigenvalue weighted by Gasteiger charge is 2.36. The number of amides is 8. The molecule has 0 radical (unpaired) electrons. The average molecular weight is 1020 g/mol. The van der Waals surface area contributed by atoms with Crippen LogP contribution < -0.4 is 59.7 Å². The highest BCUT2D eigenvalue weighted by molar-refractivity contribution is 7.80. The summed E-state index contributed by atoms with van der Waals surface area (Å²) >= 11 is 12.4. The molecule has 68 heavy (non-hydrogen) atoms. The van der Waals surface area contributed by atoms with Gasteiger partial charge in [-0.2, -0.15) is 37.9 Å². The number of benzene rings is 1. The summed E-state index contributed by atoms with van der Waals surface area (Å²) in [4.78, 5) is 122. The minimum atomic E-state index is -1.67. The highest BCUT2D eigenvalue weighted by Crippen LogP contribution is 2.11. The molecule has 0 spiro atoms. The molecule has 23 nitrogen and oxygen atoms in total. The predicted molar refractivity (Wildman–Crippen MR) is 264 cm³/mol. The van der Waals surface area contributed by atoms with Crippen LogP contribution in [0.1, 0.15) is 65.9 Å². The molecular formula is C42H70N12O11S3. The first-order valence-corrected chi connectivity index (χ1v) is 23.9. The Morgan fingerprint density at radius 3 is 1.65 bits per heavy atom. The number of thiol groups is 3. The van der Waals surface area contributed by atoms with Crippen molar-refractivity contribution in [2.24, 2.45) is 34.0 Å². The number of guanidine groups is 1. The minimum absolute atomic E-state index is 0.0180. The first kappa shape index (κ1) is 60.7. The van der Waals surface area contributed by atoms with Crippen LogP contribution in [0.25, 0.3) is 0 Å². The standard InChI is InChI=1S/C42H70N12O11S3/c1-6-22(4)32(53-37(60)28(18-66)50-34(57)25(43)13-10-14-46-42(44)45)39(62)51-29(19-67)38(61)54-33(23(5)55)40(63)49-26(15-21(2)3)35(58)47-17-31(56)48-27(16-24-11-8-7-9-12-24)36(59)52-30(20-68)41(64)65/h7-9,11-12,21-23,25-30,32-33,55,66-68H,6,10,13-20,43H2,1-5H3,(H,47,58)(H,48,56)(H,49,63)(H,50,57)(H,51,62)(H,52,59)(H,53,60)(H,54,61)(H,64,65)(H4,44,45,46)/t22-,23+,25-,26-,27-,28-,29-,30-,32-,33-/m0/s1. The third-order valence-electron chi connectivity index (χ3n) is 10.3. The molecule has 1 aromatic rings. The van der Waals surface area contributed by atoms with Gasteiger partial charge in [-0.25, -0.2) is 4.79 Å². The van der Waals surface area contributed by atoms with Crippen molar-refractivity contribution in [3.63, 3.8) is 0 Å². The van der Waals surface area contributed by atoms with Crippen LogP contribution >= 0.6 is 37.9 Å². The van der Waals surface area contributed by atoms with E-state index in [0.717, 1.165) is 0 Å². The van der Waals surface area contributed by atoms with Crippen LogP contribution in [0.2, 0.25) is 0 Å². The Kier molecular flexibility index (Phi) is 28.3. The lowest BCUT2D eigenvalue weighted by molar-refractivity contribution is -0.141. The van der Waals surface area contributed by atoms with E-state index in [1.54, 1.807) is 58.0 Å². The molecule has 1 aromatic carbocycles. The van der Waals surface area contributed by atoms with Crippen molar-refractivity contribution < 1.29 is 53.4 Å². The molecule has 0 aliphatic heterocycles. The maximum atomic E-state index is 13.7. The average Bonchev–Trinajstić information content (AvgIpc) is 3.29. The molecule has 0 aromatic heterocycles. The zero-order valence-corrected chi connectivity index (χ0v) is 41.6. The number of nitrogens with two attached hydrogens (primary N) is 3. The van der Waals surface area contributed by atoms with Gasteiger partial charge in [0.1, 0.15) is 42.3 Å². The number of carboxylic acids is 1. The van der Waals surface area contributed by atoms with Gasteiger partial charge in [-0.3, -0.25) is 43.3 Å². The fourth-order valence-electron chi connectivity index (χ4n) is 6.21. The molecule has 0 unspecified atom stereocenters. The van der Waals surface area contributed by atoms with Gasteiger partial charge in [-0.1, -0.05) is 64.4 Å². The van der Waals surface area contributed by atoms with Crippen molar-refractivity contribution in [3.05, 3.63) is 35.9 Å². The normalized spacial score (nSPS) is 15.5. The molecule has 0 heterocycles. The summed E-state index contributed by atoms with van der Waals surface area (Å²) in [7, 11) is 0. The summed E-state index contributed by atoms with van der Waals surface area (Å²) in [6.07, 6.45) is -0.517. The van der Waals surface area contributed by atoms with Crippen molar-refractivity contribution in [2.75, 3.05) is 30.3 Å². The van der Waals surface area contributed by atoms with Gasteiger partial charge < -0.3 is 69.9 Å². The SMILES string of the molecule is CC[C@H](C)[C@H](NC(=O)[C@H](CS)NC(=O)[C@@H](N)CCCN=C(N)N)C(=O)N[C@@H](CS)C(=O)N[C@H](C(=O)N[C@@H](CC(C)C)C(=O)NCC(=O)N[C@@H](Cc1ccccc1)C(=O)N[C@@H](CS)C(=O)O)[C@@H](C)O. The number of carboxylic acid groups (broad SMARTS) is 1. The van der Waals surface area contributed by atoms with Gasteiger partial charge in [0, 0.05) is 30.2 Å². The van der Waals surface area contributed by atoms with E-state index in [1.165, 1.54) is 6.92 Å². The van der Waals surface area contributed by atoms with Crippen LogP contribution in [-0.4, -0.2) is 154 Å². The zero-order valence-electron chi connectivity index (χ0n) is 38.9. The van der Waals surface area contributed by atoms with Crippen LogP contribution in [0.4, 0.5) is 0 Å². The Morgan fingerprint density at radius 2 is 1.15 bits per heavy atom. The van der Waals surface area contributed by atoms with E-state index < -0.39 is 120 Å². The summed E-state index contributed by atoms with van der Waals surface area (Å²) in [6.45, 7) is 7.76. The van der Waals surface area contributed by atoms with Crippen molar-refractivity contribution in [3.8, 4) is 0 Å². The van der Waals surface area contributed by atoms with Gasteiger partial charge in [0.25, 0.3) is 0 Å². The number of aliphatic hydroxyl groups excluding tert-OH is 1. The topological polar surface area (TPSA) is 381 Å². The number of carbonyl (C=O) groups is 9. The number of aliphatic hydroxyl groups is 1. The first-order valence-electron chi connectivity index (χ1n) is 22.0. The summed E-state index contributed by atoms with van der Waals surface area (Å²) < 4.78 is 0. The van der Waals surface area contributed by atoms with Crippen LogP contribution in [0.5, 0.6) is 0 Å². The molecule has 0 fully saturated rings. The number of rotatable bonds is 31. The second-order valence-corrected chi connectivity index (χ2v) is 17.5. The lowest BCUT2D eigenvalue weighted by atomic mass is 9.97. The first-order chi connectivity index (χ1) is 32.0. The molecule has 26 heteroatoms. The number of carbonyl (C=O) groups excluding carboxylic acids is 8. The highest BCUT2D eigenvalue weighted by atomic mass is 32.1. The van der Waals surface area contributed by atoms with E-state index in [1.807, 2.05) is 0 Å². The van der Waals surface area contributed by atoms with E-state index >= 15 is 0 Å². The maximum Gasteiger partial charge on any atom is 0.327 e. The second-order valence-electron chi connectivity index (χ2n) is 16.4. The Hall–Kier alpha value is -5.31. The number of aliphatic carboxylic acids is 1. The Morgan fingerprint density at radius 1 is 0.647 bits per heavy atom. The van der Waals surface area contributed by atoms with E-state index in [4.69, 9.17) is 17.2 Å². The third-order valence-corrected chi connectivity index (χ3v) is 11.4. The predicted octanol–water partition coefficient (Wildman–Crippen LogP) is -3.53. The van der Waals surface area contributed by atoms with Gasteiger partial charge in [-0.05, 0) is 43.6 Å². The van der Waals surface area contributed by atoms with Crippen molar-refractivity contribution in [2.45, 2.75) is 121 Å². The fraction of sp³-hybridized carbons (Fsp3) is 0.619. The van der Waals surface area contributed by atoms with Gasteiger partial charge in [0.05, 0.1) is 18.7 Å². The largest absolute Gasteiger partial charge is 0.480 e. The number of aliphatic imine (C=N–C) groups is 1. The number of hydrogen-bond acceptors (Lipinski definition) is 15. The van der Waals surface area contributed by atoms with E-state index in [-0.39, 0.29) is 54.9 Å². The Labute approximate surface area is 412 Å². The third kappa shape index (κ3) is 22.2. The lowest BCUT2D eigenvalue weighted by Gasteiger charge is -2.29. The molecule has 0 aliphatic carbocycles. The van der Waals surface area contributed by atoms with Gasteiger partial charge in [-0.15, -0.1) is 0 Å². The minimum Gasteiger partial charge on any atom is -0.480 e. The number of nitrogens with zero attached hydrogens (tertiary/aromatic N) is 1. The fourth-order valence-corrected chi connectivity index (χ4v) is 6.97.